The van der Waals surface area contributed by atoms with Crippen LogP contribution in [-0.4, -0.2) is 43.8 Å². The number of thioether (sulfide) groups is 1. The Hall–Kier alpha value is -2.72. The molecular weight excluding hydrogens is 492 g/mol. The van der Waals surface area contributed by atoms with Crippen molar-refractivity contribution in [2.75, 3.05) is 18.5 Å². The summed E-state index contributed by atoms with van der Waals surface area (Å²) in [6.45, 7) is 1.53. The molecule has 1 unspecified atom stereocenters. The summed E-state index contributed by atoms with van der Waals surface area (Å²) >= 11 is 12.9. The minimum absolute atomic E-state index is 0.0673. The van der Waals surface area contributed by atoms with Gasteiger partial charge in [0.2, 0.25) is 0 Å². The number of carbonyl (C=O) groups excluding carboxylic acids is 1. The molecule has 2 aliphatic rings. The molecule has 2 fully saturated rings. The number of amides is 1. The van der Waals surface area contributed by atoms with Gasteiger partial charge in [-0.25, -0.2) is 4.98 Å². The number of carbonyl (C=O) groups is 1. The van der Waals surface area contributed by atoms with Gasteiger partial charge in [-0.05, 0) is 42.7 Å². The summed E-state index contributed by atoms with van der Waals surface area (Å²) in [4.78, 5) is 33.1. The van der Waals surface area contributed by atoms with E-state index < -0.39 is 0 Å². The Kier molecular flexibility index (Phi) is 6.69. The number of aromatic nitrogens is 2. The summed E-state index contributed by atoms with van der Waals surface area (Å²) < 4.78 is 7.58. The normalized spacial score (nSPS) is 19.5. The van der Waals surface area contributed by atoms with Gasteiger partial charge in [-0.3, -0.25) is 18.9 Å². The van der Waals surface area contributed by atoms with Crippen LogP contribution in [0.25, 0.3) is 11.7 Å². The highest BCUT2D eigenvalue weighted by Gasteiger charge is 2.33. The predicted molar refractivity (Wildman–Crippen MR) is 139 cm³/mol. The number of pyridine rings is 1. The Labute approximate surface area is 210 Å². The molecule has 0 bridgehead atoms. The van der Waals surface area contributed by atoms with Crippen LogP contribution in [0.1, 0.15) is 24.0 Å². The molecule has 10 heteroatoms. The van der Waals surface area contributed by atoms with Crippen molar-refractivity contribution in [2.24, 2.45) is 0 Å². The Morgan fingerprint density at radius 2 is 2.06 bits per heavy atom. The molecule has 0 radical (unpaired) electrons. The minimum atomic E-state index is -0.267. The van der Waals surface area contributed by atoms with Crippen molar-refractivity contribution < 1.29 is 9.53 Å². The molecule has 34 heavy (non-hydrogen) atoms. The molecule has 0 saturated carbocycles. The molecule has 2 aliphatic heterocycles. The molecular formula is C24H21ClN4O3S2. The maximum atomic E-state index is 13.4. The molecule has 1 amide bonds. The smallest absolute Gasteiger partial charge is 0.267 e. The fraction of sp³-hybridized carbons (Fsp3) is 0.250. The summed E-state index contributed by atoms with van der Waals surface area (Å²) in [6, 6.07) is 12.7. The van der Waals surface area contributed by atoms with Crippen molar-refractivity contribution in [3.8, 4) is 0 Å². The lowest BCUT2D eigenvalue weighted by atomic mass is 10.2. The van der Waals surface area contributed by atoms with E-state index in [2.05, 4.69) is 10.3 Å². The molecule has 2 saturated heterocycles. The third-order valence-electron chi connectivity index (χ3n) is 5.73. The number of benzene rings is 1. The lowest BCUT2D eigenvalue weighted by Crippen LogP contribution is -2.28. The molecule has 2 aromatic heterocycles. The van der Waals surface area contributed by atoms with Crippen LogP contribution in [-0.2, 0) is 16.1 Å². The SMILES string of the molecule is O=C1/C(=C\c2c(NCC3CCCO3)nc3ccccn3c2=O)SC(=S)N1Cc1ccccc1Cl. The van der Waals surface area contributed by atoms with Crippen LogP contribution < -0.4 is 10.9 Å². The van der Waals surface area contributed by atoms with Crippen molar-refractivity contribution >= 4 is 63.3 Å². The van der Waals surface area contributed by atoms with Gasteiger partial charge in [0.25, 0.3) is 11.5 Å². The molecule has 174 valence electrons. The summed E-state index contributed by atoms with van der Waals surface area (Å²) in [7, 11) is 0. The highest BCUT2D eigenvalue weighted by atomic mass is 35.5. The summed E-state index contributed by atoms with van der Waals surface area (Å²) in [5, 5.41) is 3.84. The standard InChI is InChI=1S/C24H21ClN4O3S2/c25-18-8-2-1-6-15(18)14-29-23(31)19(34-24(29)33)12-17-21(26-13-16-7-5-11-32-16)27-20-9-3-4-10-28(20)22(17)30/h1-4,6,8-10,12,16,26H,5,7,11,13-14H2/b19-12+. The third-order valence-corrected chi connectivity index (χ3v) is 7.47. The molecule has 7 nitrogen and oxygen atoms in total. The summed E-state index contributed by atoms with van der Waals surface area (Å²) in [6.07, 6.45) is 5.28. The number of ether oxygens (including phenoxy) is 1. The number of rotatable bonds is 6. The molecule has 1 atom stereocenters. The second-order valence-electron chi connectivity index (χ2n) is 7.98. The first-order valence-corrected chi connectivity index (χ1v) is 12.5. The van der Waals surface area contributed by atoms with Gasteiger partial charge < -0.3 is 10.1 Å². The average molecular weight is 513 g/mol. The molecule has 0 aliphatic carbocycles. The number of fused-ring (bicyclic) bond motifs is 1. The van der Waals surface area contributed by atoms with Gasteiger partial charge in [0.1, 0.15) is 15.8 Å². The van der Waals surface area contributed by atoms with E-state index in [1.54, 1.807) is 30.5 Å². The Balaban J connectivity index is 1.49. The van der Waals surface area contributed by atoms with Crippen molar-refractivity contribution in [3.63, 3.8) is 0 Å². The number of anilines is 1. The van der Waals surface area contributed by atoms with Crippen LogP contribution in [0.2, 0.25) is 5.02 Å². The number of thiocarbonyl (C=S) groups is 1. The minimum Gasteiger partial charge on any atom is -0.376 e. The lowest BCUT2D eigenvalue weighted by molar-refractivity contribution is -0.122. The first-order valence-electron chi connectivity index (χ1n) is 10.9. The Morgan fingerprint density at radius 3 is 2.85 bits per heavy atom. The zero-order chi connectivity index (χ0) is 23.7. The summed E-state index contributed by atoms with van der Waals surface area (Å²) in [5.41, 5.74) is 1.36. The van der Waals surface area contributed by atoms with Crippen LogP contribution in [0, 0.1) is 0 Å². The fourth-order valence-electron chi connectivity index (χ4n) is 3.95. The van der Waals surface area contributed by atoms with Gasteiger partial charge in [-0.1, -0.05) is 59.8 Å². The molecule has 0 spiro atoms. The van der Waals surface area contributed by atoms with Crippen molar-refractivity contribution in [2.45, 2.75) is 25.5 Å². The molecule has 1 aromatic carbocycles. The monoisotopic (exact) mass is 512 g/mol. The number of nitrogens with zero attached hydrogens (tertiary/aromatic N) is 3. The van der Waals surface area contributed by atoms with Gasteiger partial charge in [0.15, 0.2) is 0 Å². The van der Waals surface area contributed by atoms with E-state index in [9.17, 15) is 9.59 Å². The second-order valence-corrected chi connectivity index (χ2v) is 10.1. The van der Waals surface area contributed by atoms with Crippen LogP contribution in [0.5, 0.6) is 0 Å². The van der Waals surface area contributed by atoms with Gasteiger partial charge in [0.05, 0.1) is 23.1 Å². The lowest BCUT2D eigenvalue weighted by Gasteiger charge is -2.15. The van der Waals surface area contributed by atoms with Crippen molar-refractivity contribution in [1.82, 2.24) is 14.3 Å². The van der Waals surface area contributed by atoms with E-state index in [1.165, 1.54) is 21.1 Å². The first kappa shape index (κ1) is 23.0. The zero-order valence-corrected chi connectivity index (χ0v) is 20.5. The zero-order valence-electron chi connectivity index (χ0n) is 18.1. The molecule has 4 heterocycles. The van der Waals surface area contributed by atoms with E-state index >= 15 is 0 Å². The van der Waals surface area contributed by atoms with E-state index in [1.807, 2.05) is 24.3 Å². The van der Waals surface area contributed by atoms with E-state index in [4.69, 9.17) is 28.6 Å². The quantitative estimate of drug-likeness (QED) is 0.389. The molecule has 1 N–H and O–H groups in total. The first-order chi connectivity index (χ1) is 16.5. The highest BCUT2D eigenvalue weighted by molar-refractivity contribution is 8.26. The van der Waals surface area contributed by atoms with Crippen LogP contribution in [0.4, 0.5) is 5.82 Å². The summed E-state index contributed by atoms with van der Waals surface area (Å²) in [5.74, 6) is 0.153. The van der Waals surface area contributed by atoms with Gasteiger partial charge in [-0.2, -0.15) is 0 Å². The van der Waals surface area contributed by atoms with Gasteiger partial charge >= 0.3 is 0 Å². The molecule has 5 rings (SSSR count). The van der Waals surface area contributed by atoms with Crippen LogP contribution in [0.15, 0.2) is 58.4 Å². The Bertz CT molecular complexity index is 1370. The number of hydrogen-bond acceptors (Lipinski definition) is 7. The largest absolute Gasteiger partial charge is 0.376 e. The van der Waals surface area contributed by atoms with E-state index in [0.717, 1.165) is 25.0 Å². The maximum Gasteiger partial charge on any atom is 0.267 e. The number of halogens is 1. The van der Waals surface area contributed by atoms with Gasteiger partial charge in [-0.15, -0.1) is 0 Å². The van der Waals surface area contributed by atoms with Crippen molar-refractivity contribution in [3.05, 3.63) is 80.1 Å². The number of hydrogen-bond donors (Lipinski definition) is 1. The average Bonchev–Trinajstić information content (AvgIpc) is 3.45. The fourth-order valence-corrected chi connectivity index (χ4v) is 5.38. The van der Waals surface area contributed by atoms with E-state index in [-0.39, 0.29) is 24.1 Å². The highest BCUT2D eigenvalue weighted by Crippen LogP contribution is 2.35. The van der Waals surface area contributed by atoms with Crippen LogP contribution >= 0.6 is 35.6 Å². The predicted octanol–water partition coefficient (Wildman–Crippen LogP) is 4.34. The van der Waals surface area contributed by atoms with E-state index in [0.29, 0.717) is 37.8 Å². The third kappa shape index (κ3) is 4.61. The molecule has 3 aromatic rings. The van der Waals surface area contributed by atoms with Crippen LogP contribution in [0.3, 0.4) is 0 Å². The number of nitrogens with one attached hydrogen (secondary N) is 1. The van der Waals surface area contributed by atoms with Crippen molar-refractivity contribution in [1.29, 1.82) is 0 Å². The topological polar surface area (TPSA) is 75.9 Å². The second kappa shape index (κ2) is 9.87. The Morgan fingerprint density at radius 1 is 1.24 bits per heavy atom. The maximum absolute atomic E-state index is 13.4. The van der Waals surface area contributed by atoms with Gasteiger partial charge in [0, 0.05) is 24.4 Å².